The van der Waals surface area contributed by atoms with Crippen molar-refractivity contribution in [2.75, 3.05) is 13.7 Å². The van der Waals surface area contributed by atoms with Crippen LogP contribution in [0.1, 0.15) is 31.2 Å². The Morgan fingerprint density at radius 1 is 0.647 bits per heavy atom. The fraction of sp³-hybridized carbons (Fsp3) is 0.241. The van der Waals surface area contributed by atoms with E-state index in [0.717, 1.165) is 41.7 Å². The van der Waals surface area contributed by atoms with Crippen molar-refractivity contribution < 1.29 is 9.47 Å². The van der Waals surface area contributed by atoms with E-state index in [1.54, 1.807) is 7.11 Å². The Bertz CT molecular complexity index is 1330. The van der Waals surface area contributed by atoms with Crippen molar-refractivity contribution in [3.8, 4) is 31.0 Å². The number of rotatable bonds is 11. The molecule has 0 amide bonds. The maximum absolute atomic E-state index is 6.13. The average molecular weight is 505 g/mol. The van der Waals surface area contributed by atoms with Gasteiger partial charge < -0.3 is 9.47 Å². The van der Waals surface area contributed by atoms with Gasteiger partial charge in [-0.25, -0.2) is 0 Å². The summed E-state index contributed by atoms with van der Waals surface area (Å²) in [5.74, 6) is 1.83. The highest BCUT2D eigenvalue weighted by atomic mass is 32.1. The van der Waals surface area contributed by atoms with Gasteiger partial charge in [0, 0.05) is 30.3 Å². The molecule has 5 aromatic rings. The molecule has 0 unspecified atom stereocenters. The number of unbranched alkanes of at least 4 members (excludes halogenated alkanes) is 3. The molecular formula is C29H28O2S3. The highest BCUT2D eigenvalue weighted by molar-refractivity contribution is 7.25. The van der Waals surface area contributed by atoms with Gasteiger partial charge in [0.15, 0.2) is 0 Å². The topological polar surface area (TPSA) is 18.5 Å². The van der Waals surface area contributed by atoms with Crippen molar-refractivity contribution in [2.45, 2.75) is 32.1 Å². The van der Waals surface area contributed by atoms with Crippen molar-refractivity contribution in [3.63, 3.8) is 0 Å². The van der Waals surface area contributed by atoms with Crippen LogP contribution in [0.3, 0.4) is 0 Å². The lowest BCUT2D eigenvalue weighted by molar-refractivity contribution is 0.307. The van der Waals surface area contributed by atoms with Crippen LogP contribution in [-0.4, -0.2) is 13.7 Å². The molecule has 0 aliphatic carbocycles. The van der Waals surface area contributed by atoms with Gasteiger partial charge in [-0.2, -0.15) is 0 Å². The van der Waals surface area contributed by atoms with Gasteiger partial charge in [-0.1, -0.05) is 43.2 Å². The smallest absolute Gasteiger partial charge is 0.127 e. The molecule has 0 saturated heterocycles. The molecule has 0 radical (unpaired) electrons. The maximum atomic E-state index is 6.13. The Morgan fingerprint density at radius 3 is 2.26 bits per heavy atom. The Balaban J connectivity index is 1.08. The van der Waals surface area contributed by atoms with Crippen molar-refractivity contribution in [1.82, 2.24) is 0 Å². The van der Waals surface area contributed by atoms with Crippen LogP contribution >= 0.6 is 34.0 Å². The van der Waals surface area contributed by atoms with Crippen molar-refractivity contribution in [1.29, 1.82) is 0 Å². The predicted octanol–water partition coefficient (Wildman–Crippen LogP) is 9.55. The molecule has 0 aliphatic rings. The standard InChI is InChI=1S/C29H28O2S3/c1-30-24-13-14-25(23-11-6-5-10-22(23)24)31-18-7-3-2-4-9-21-17-20-33-29(21)28-16-15-27(34-28)26-12-8-19-32-26/h5-6,8,10-17,19-20H,2-4,7,9,18H2,1H3. The molecule has 3 aromatic heterocycles. The molecule has 34 heavy (non-hydrogen) atoms. The summed E-state index contributed by atoms with van der Waals surface area (Å²) in [5.41, 5.74) is 1.49. The van der Waals surface area contributed by atoms with Crippen LogP contribution in [0.25, 0.3) is 30.3 Å². The minimum atomic E-state index is 0.751. The summed E-state index contributed by atoms with van der Waals surface area (Å²) in [5, 5.41) is 6.60. The molecule has 0 atom stereocenters. The van der Waals surface area contributed by atoms with Gasteiger partial charge in [-0.05, 0) is 72.0 Å². The van der Waals surface area contributed by atoms with E-state index in [4.69, 9.17) is 9.47 Å². The van der Waals surface area contributed by atoms with Crippen LogP contribution in [-0.2, 0) is 6.42 Å². The molecule has 2 aromatic carbocycles. The molecule has 3 heterocycles. The quantitative estimate of drug-likeness (QED) is 0.167. The molecule has 0 spiro atoms. The molecule has 0 aliphatic heterocycles. The van der Waals surface area contributed by atoms with Crippen molar-refractivity contribution in [3.05, 3.63) is 83.1 Å². The predicted molar refractivity (Wildman–Crippen MR) is 149 cm³/mol. The van der Waals surface area contributed by atoms with Crippen molar-refractivity contribution >= 4 is 44.8 Å². The second-order valence-corrected chi connectivity index (χ2v) is 11.2. The zero-order chi connectivity index (χ0) is 23.2. The lowest BCUT2D eigenvalue weighted by Crippen LogP contribution is -1.98. The van der Waals surface area contributed by atoms with Gasteiger partial charge in [0.1, 0.15) is 11.5 Å². The lowest BCUT2D eigenvalue weighted by atomic mass is 10.1. The van der Waals surface area contributed by atoms with Crippen LogP contribution in [0.4, 0.5) is 0 Å². The van der Waals surface area contributed by atoms with Gasteiger partial charge in [-0.15, -0.1) is 34.0 Å². The number of methoxy groups -OCH3 is 1. The van der Waals surface area contributed by atoms with Gasteiger partial charge in [-0.3, -0.25) is 0 Å². The molecular weight excluding hydrogens is 477 g/mol. The third-order valence-electron chi connectivity index (χ3n) is 6.00. The third kappa shape index (κ3) is 5.22. The Hall–Kier alpha value is -2.60. The minimum absolute atomic E-state index is 0.751. The van der Waals surface area contributed by atoms with Crippen LogP contribution in [0.2, 0.25) is 0 Å². The molecule has 0 bridgehead atoms. The normalized spacial score (nSPS) is 11.2. The first kappa shape index (κ1) is 23.2. The van der Waals surface area contributed by atoms with Crippen LogP contribution in [0.5, 0.6) is 11.5 Å². The molecule has 174 valence electrons. The summed E-state index contributed by atoms with van der Waals surface area (Å²) in [6.07, 6.45) is 5.86. The first-order valence-corrected chi connectivity index (χ1v) is 14.3. The summed E-state index contributed by atoms with van der Waals surface area (Å²) in [6.45, 7) is 0.751. The van der Waals surface area contributed by atoms with E-state index in [1.165, 1.54) is 44.3 Å². The number of hydrogen-bond acceptors (Lipinski definition) is 5. The van der Waals surface area contributed by atoms with Gasteiger partial charge in [0.05, 0.1) is 13.7 Å². The van der Waals surface area contributed by atoms with E-state index in [2.05, 4.69) is 53.2 Å². The number of fused-ring (bicyclic) bond motifs is 1. The minimum Gasteiger partial charge on any atom is -0.496 e. The molecule has 5 heteroatoms. The summed E-state index contributed by atoms with van der Waals surface area (Å²) >= 11 is 5.59. The Morgan fingerprint density at radius 2 is 1.44 bits per heavy atom. The second kappa shape index (κ2) is 11.2. The SMILES string of the molecule is COc1ccc(OCCCCCCc2ccsc2-c2ccc(-c3cccs3)s2)c2ccccc12. The maximum Gasteiger partial charge on any atom is 0.127 e. The lowest BCUT2D eigenvalue weighted by Gasteiger charge is -2.12. The molecule has 2 nitrogen and oxygen atoms in total. The third-order valence-corrected chi connectivity index (χ3v) is 9.29. The van der Waals surface area contributed by atoms with E-state index in [0.29, 0.717) is 0 Å². The first-order chi connectivity index (χ1) is 16.8. The van der Waals surface area contributed by atoms with Crippen LogP contribution < -0.4 is 9.47 Å². The first-order valence-electron chi connectivity index (χ1n) is 11.7. The average Bonchev–Trinajstić information content (AvgIpc) is 3.65. The number of thiophene rings is 3. The largest absolute Gasteiger partial charge is 0.496 e. The number of aryl methyl sites for hydroxylation is 1. The summed E-state index contributed by atoms with van der Waals surface area (Å²) in [6, 6.07) is 23.5. The Labute approximate surface area is 213 Å². The van der Waals surface area contributed by atoms with Gasteiger partial charge in [0.2, 0.25) is 0 Å². The second-order valence-electron chi connectivity index (χ2n) is 8.24. The molecule has 0 saturated carbocycles. The monoisotopic (exact) mass is 504 g/mol. The van der Waals surface area contributed by atoms with Gasteiger partial charge >= 0.3 is 0 Å². The molecule has 5 rings (SSSR count). The highest BCUT2D eigenvalue weighted by Crippen LogP contribution is 2.40. The number of benzene rings is 2. The zero-order valence-electron chi connectivity index (χ0n) is 19.3. The van der Waals surface area contributed by atoms with E-state index < -0.39 is 0 Å². The fourth-order valence-corrected chi connectivity index (χ4v) is 7.22. The summed E-state index contributed by atoms with van der Waals surface area (Å²) < 4.78 is 11.6. The fourth-order valence-electron chi connectivity index (χ4n) is 4.26. The van der Waals surface area contributed by atoms with Crippen LogP contribution in [0.15, 0.2) is 77.5 Å². The Kier molecular flexibility index (Phi) is 7.64. The number of hydrogen-bond donors (Lipinski definition) is 0. The number of ether oxygens (including phenoxy) is 2. The van der Waals surface area contributed by atoms with E-state index >= 15 is 0 Å². The van der Waals surface area contributed by atoms with E-state index in [1.807, 2.05) is 58.3 Å². The van der Waals surface area contributed by atoms with Crippen molar-refractivity contribution in [2.24, 2.45) is 0 Å². The van der Waals surface area contributed by atoms with E-state index in [-0.39, 0.29) is 0 Å². The molecule has 0 fully saturated rings. The summed E-state index contributed by atoms with van der Waals surface area (Å²) in [4.78, 5) is 5.57. The zero-order valence-corrected chi connectivity index (χ0v) is 21.7. The summed E-state index contributed by atoms with van der Waals surface area (Å²) in [7, 11) is 1.71. The van der Waals surface area contributed by atoms with Crippen LogP contribution in [0, 0.1) is 0 Å². The highest BCUT2D eigenvalue weighted by Gasteiger charge is 2.11. The van der Waals surface area contributed by atoms with E-state index in [9.17, 15) is 0 Å². The van der Waals surface area contributed by atoms with Gasteiger partial charge in [0.25, 0.3) is 0 Å². The molecule has 0 N–H and O–H groups in total.